The van der Waals surface area contributed by atoms with E-state index in [1.807, 2.05) is 24.3 Å². The fourth-order valence-electron chi connectivity index (χ4n) is 2.12. The monoisotopic (exact) mass is 327 g/mol. The van der Waals surface area contributed by atoms with Crippen molar-refractivity contribution >= 4 is 21.8 Å². The third kappa shape index (κ3) is 4.30. The predicted molar refractivity (Wildman–Crippen MR) is 75.7 cm³/mol. The predicted octanol–water partition coefficient (Wildman–Crippen LogP) is 2.03. The van der Waals surface area contributed by atoms with Crippen molar-refractivity contribution < 1.29 is 14.6 Å². The van der Waals surface area contributed by atoms with Crippen LogP contribution in [0.2, 0.25) is 0 Å². The van der Waals surface area contributed by atoms with Gasteiger partial charge in [0.15, 0.2) is 0 Å². The molecule has 4 nitrogen and oxygen atoms in total. The number of halogens is 1. The van der Waals surface area contributed by atoms with E-state index in [1.54, 1.807) is 0 Å². The maximum absolute atomic E-state index is 11.9. The van der Waals surface area contributed by atoms with Crippen molar-refractivity contribution in [3.05, 3.63) is 34.3 Å². The number of aliphatic hydroxyl groups is 1. The normalized spacial score (nSPS) is 20.8. The van der Waals surface area contributed by atoms with Crippen molar-refractivity contribution in [3.8, 4) is 0 Å². The van der Waals surface area contributed by atoms with Gasteiger partial charge in [-0.25, -0.2) is 0 Å². The average Bonchev–Trinajstić information content (AvgIpc) is 2.45. The van der Waals surface area contributed by atoms with Crippen LogP contribution in [-0.4, -0.2) is 30.8 Å². The minimum Gasteiger partial charge on any atom is -0.387 e. The van der Waals surface area contributed by atoms with Gasteiger partial charge in [0.1, 0.15) is 0 Å². The first-order valence-corrected chi connectivity index (χ1v) is 7.25. The molecule has 104 valence electrons. The van der Waals surface area contributed by atoms with E-state index in [4.69, 9.17) is 4.74 Å². The molecule has 0 bridgehead atoms. The van der Waals surface area contributed by atoms with E-state index in [1.165, 1.54) is 0 Å². The molecule has 0 radical (unpaired) electrons. The minimum atomic E-state index is -0.689. The molecule has 2 N–H and O–H groups in total. The summed E-state index contributed by atoms with van der Waals surface area (Å²) in [7, 11) is 0. The smallest absolute Gasteiger partial charge is 0.225 e. The summed E-state index contributed by atoms with van der Waals surface area (Å²) < 4.78 is 6.19. The van der Waals surface area contributed by atoms with Crippen molar-refractivity contribution in [1.82, 2.24) is 5.32 Å². The van der Waals surface area contributed by atoms with Crippen LogP contribution in [0.3, 0.4) is 0 Å². The van der Waals surface area contributed by atoms with Crippen molar-refractivity contribution in [2.24, 2.45) is 5.92 Å². The Kier molecular flexibility index (Phi) is 5.36. The molecule has 0 unspecified atom stereocenters. The molecule has 0 aliphatic carbocycles. The van der Waals surface area contributed by atoms with Gasteiger partial charge in [0.05, 0.1) is 18.6 Å². The van der Waals surface area contributed by atoms with E-state index in [2.05, 4.69) is 21.2 Å². The zero-order valence-corrected chi connectivity index (χ0v) is 12.2. The molecule has 0 spiro atoms. The summed E-state index contributed by atoms with van der Waals surface area (Å²) in [5, 5.41) is 12.8. The molecule has 1 aromatic rings. The highest BCUT2D eigenvalue weighted by Crippen LogP contribution is 2.18. The van der Waals surface area contributed by atoms with E-state index in [-0.39, 0.29) is 18.4 Å². The Balaban J connectivity index is 1.82. The summed E-state index contributed by atoms with van der Waals surface area (Å²) in [6, 6.07) is 7.44. The zero-order valence-electron chi connectivity index (χ0n) is 10.6. The molecule has 19 heavy (non-hydrogen) atoms. The third-order valence-corrected chi connectivity index (χ3v) is 3.73. The first kappa shape index (κ1) is 14.5. The second-order valence-corrected chi connectivity index (χ2v) is 5.65. The van der Waals surface area contributed by atoms with E-state index >= 15 is 0 Å². The van der Waals surface area contributed by atoms with Crippen LogP contribution in [0, 0.1) is 5.92 Å². The second kappa shape index (κ2) is 7.03. The van der Waals surface area contributed by atoms with Crippen LogP contribution in [0.5, 0.6) is 0 Å². The molecule has 0 aromatic heterocycles. The Morgan fingerprint density at radius 3 is 3.11 bits per heavy atom. The Morgan fingerprint density at radius 2 is 2.42 bits per heavy atom. The number of benzene rings is 1. The Morgan fingerprint density at radius 1 is 1.58 bits per heavy atom. The molecule has 1 aromatic carbocycles. The van der Waals surface area contributed by atoms with Crippen molar-refractivity contribution in [3.63, 3.8) is 0 Å². The molecular formula is C14H18BrNO3. The molecule has 2 rings (SSSR count). The largest absolute Gasteiger partial charge is 0.387 e. The van der Waals surface area contributed by atoms with Crippen LogP contribution in [0.15, 0.2) is 28.7 Å². The summed E-state index contributed by atoms with van der Waals surface area (Å²) in [5.74, 6) is -0.114. The van der Waals surface area contributed by atoms with Crippen LogP contribution >= 0.6 is 15.9 Å². The lowest BCUT2D eigenvalue weighted by Gasteiger charge is -2.22. The topological polar surface area (TPSA) is 58.6 Å². The van der Waals surface area contributed by atoms with Crippen molar-refractivity contribution in [2.75, 3.05) is 19.8 Å². The van der Waals surface area contributed by atoms with Gasteiger partial charge in [0.25, 0.3) is 0 Å². The van der Waals surface area contributed by atoms with Crippen LogP contribution in [0.1, 0.15) is 24.5 Å². The van der Waals surface area contributed by atoms with Crippen LogP contribution < -0.4 is 5.32 Å². The molecule has 1 aliphatic rings. The highest BCUT2D eigenvalue weighted by Gasteiger charge is 2.22. The number of carbonyl (C=O) groups is 1. The molecule has 1 heterocycles. The number of ether oxygens (including phenoxy) is 1. The third-order valence-electron chi connectivity index (χ3n) is 3.23. The fraction of sp³-hybridized carbons (Fsp3) is 0.500. The van der Waals surface area contributed by atoms with Crippen molar-refractivity contribution in [2.45, 2.75) is 18.9 Å². The molecule has 1 amide bonds. The van der Waals surface area contributed by atoms with Gasteiger partial charge in [-0.3, -0.25) is 4.79 Å². The number of rotatable bonds is 4. The van der Waals surface area contributed by atoms with E-state index in [0.29, 0.717) is 6.61 Å². The average molecular weight is 328 g/mol. The minimum absolute atomic E-state index is 0.0336. The maximum Gasteiger partial charge on any atom is 0.225 e. The Labute approximate surface area is 121 Å². The molecule has 0 saturated carbocycles. The van der Waals surface area contributed by atoms with Crippen molar-refractivity contribution in [1.29, 1.82) is 0 Å². The number of hydrogen-bond donors (Lipinski definition) is 2. The number of carbonyl (C=O) groups excluding carboxylic acids is 1. The van der Waals surface area contributed by atoms with Crippen LogP contribution in [0.25, 0.3) is 0 Å². The van der Waals surface area contributed by atoms with E-state index < -0.39 is 6.10 Å². The second-order valence-electron chi connectivity index (χ2n) is 4.73. The summed E-state index contributed by atoms with van der Waals surface area (Å²) in [5.41, 5.74) is 0.787. The van der Waals surface area contributed by atoms with Gasteiger partial charge in [0.2, 0.25) is 5.91 Å². The van der Waals surface area contributed by atoms with Gasteiger partial charge in [0, 0.05) is 17.6 Å². The quantitative estimate of drug-likeness (QED) is 0.889. The lowest BCUT2D eigenvalue weighted by Crippen LogP contribution is -2.37. The lowest BCUT2D eigenvalue weighted by atomic mass is 10.0. The van der Waals surface area contributed by atoms with E-state index in [9.17, 15) is 9.90 Å². The molecular weight excluding hydrogens is 310 g/mol. The summed E-state index contributed by atoms with van der Waals surface area (Å²) in [6.45, 7) is 1.45. The summed E-state index contributed by atoms with van der Waals surface area (Å²) >= 11 is 3.36. The standard InChI is InChI=1S/C14H18BrNO3/c15-12-5-1-3-10(7-12)13(17)8-16-14(18)11-4-2-6-19-9-11/h1,3,5,7,11,13,17H,2,4,6,8-9H2,(H,16,18)/t11-,13-/m1/s1. The van der Waals surface area contributed by atoms with Gasteiger partial charge in [-0.15, -0.1) is 0 Å². The van der Waals surface area contributed by atoms with Gasteiger partial charge in [-0.1, -0.05) is 28.1 Å². The SMILES string of the molecule is O=C(NC[C@@H](O)c1cccc(Br)c1)[C@@H]1CCCOC1. The summed E-state index contributed by atoms with van der Waals surface area (Å²) in [6.07, 6.45) is 1.09. The molecule has 1 aliphatic heterocycles. The van der Waals surface area contributed by atoms with Gasteiger partial charge >= 0.3 is 0 Å². The first-order chi connectivity index (χ1) is 9.16. The zero-order chi connectivity index (χ0) is 13.7. The first-order valence-electron chi connectivity index (χ1n) is 6.46. The van der Waals surface area contributed by atoms with Gasteiger partial charge in [-0.05, 0) is 30.5 Å². The highest BCUT2D eigenvalue weighted by atomic mass is 79.9. The number of nitrogens with one attached hydrogen (secondary N) is 1. The van der Waals surface area contributed by atoms with Gasteiger partial charge in [-0.2, -0.15) is 0 Å². The molecule has 1 saturated heterocycles. The summed E-state index contributed by atoms with van der Waals surface area (Å²) in [4.78, 5) is 11.9. The fourth-order valence-corrected chi connectivity index (χ4v) is 2.54. The molecule has 5 heteroatoms. The Hall–Kier alpha value is -0.910. The maximum atomic E-state index is 11.9. The molecule has 1 fully saturated rings. The number of hydrogen-bond acceptors (Lipinski definition) is 3. The highest BCUT2D eigenvalue weighted by molar-refractivity contribution is 9.10. The molecule has 2 atom stereocenters. The van der Waals surface area contributed by atoms with Crippen LogP contribution in [-0.2, 0) is 9.53 Å². The number of amides is 1. The lowest BCUT2D eigenvalue weighted by molar-refractivity contribution is -0.129. The Bertz CT molecular complexity index is 432. The van der Waals surface area contributed by atoms with Crippen LogP contribution in [0.4, 0.5) is 0 Å². The van der Waals surface area contributed by atoms with E-state index in [0.717, 1.165) is 29.5 Å². The number of aliphatic hydroxyl groups excluding tert-OH is 1. The van der Waals surface area contributed by atoms with Gasteiger partial charge < -0.3 is 15.2 Å².